The summed E-state index contributed by atoms with van der Waals surface area (Å²) in [7, 11) is 4.15. The second-order valence-electron chi connectivity index (χ2n) is 4.79. The SMILES string of the molecule is CCCOc1ccc(C(=S)NCCCN(C)C)cc1. The first-order chi connectivity index (χ1) is 9.13. The Morgan fingerprint density at radius 1 is 1.26 bits per heavy atom. The zero-order valence-corrected chi connectivity index (χ0v) is 12.9. The van der Waals surface area contributed by atoms with Gasteiger partial charge in [-0.1, -0.05) is 19.1 Å². The molecule has 0 atom stereocenters. The average molecular weight is 280 g/mol. The normalized spacial score (nSPS) is 10.5. The Hall–Kier alpha value is -1.13. The molecule has 1 rings (SSSR count). The van der Waals surface area contributed by atoms with Gasteiger partial charge in [0.25, 0.3) is 0 Å². The van der Waals surface area contributed by atoms with Crippen LogP contribution >= 0.6 is 12.2 Å². The number of ether oxygens (including phenoxy) is 1. The molecule has 1 aromatic carbocycles. The monoisotopic (exact) mass is 280 g/mol. The fourth-order valence-corrected chi connectivity index (χ4v) is 1.86. The lowest BCUT2D eigenvalue weighted by molar-refractivity contribution is 0.317. The van der Waals surface area contributed by atoms with E-state index in [0.717, 1.165) is 48.8 Å². The number of thiocarbonyl (C=S) groups is 1. The highest BCUT2D eigenvalue weighted by molar-refractivity contribution is 7.80. The van der Waals surface area contributed by atoms with Crippen LogP contribution in [0.1, 0.15) is 25.3 Å². The van der Waals surface area contributed by atoms with E-state index < -0.39 is 0 Å². The van der Waals surface area contributed by atoms with E-state index in [4.69, 9.17) is 17.0 Å². The van der Waals surface area contributed by atoms with Crippen LogP contribution in [0.2, 0.25) is 0 Å². The van der Waals surface area contributed by atoms with E-state index in [-0.39, 0.29) is 0 Å². The molecule has 0 spiro atoms. The van der Waals surface area contributed by atoms with Crippen LogP contribution in [0.15, 0.2) is 24.3 Å². The van der Waals surface area contributed by atoms with Crippen molar-refractivity contribution in [2.75, 3.05) is 33.8 Å². The Morgan fingerprint density at radius 3 is 2.53 bits per heavy atom. The molecule has 0 aromatic heterocycles. The van der Waals surface area contributed by atoms with E-state index >= 15 is 0 Å². The smallest absolute Gasteiger partial charge is 0.119 e. The zero-order valence-electron chi connectivity index (χ0n) is 12.1. The van der Waals surface area contributed by atoms with Crippen molar-refractivity contribution in [2.45, 2.75) is 19.8 Å². The third-order valence-electron chi connectivity index (χ3n) is 2.66. The standard InChI is InChI=1S/C15H24N2OS/c1-4-12-18-14-8-6-13(7-9-14)15(19)16-10-5-11-17(2)3/h6-9H,4-5,10-12H2,1-3H3,(H,16,19). The van der Waals surface area contributed by atoms with Crippen LogP contribution in [0.4, 0.5) is 0 Å². The highest BCUT2D eigenvalue weighted by atomic mass is 32.1. The molecule has 1 aromatic rings. The van der Waals surface area contributed by atoms with Crippen LogP contribution in [-0.2, 0) is 0 Å². The van der Waals surface area contributed by atoms with Gasteiger partial charge in [-0.25, -0.2) is 0 Å². The molecule has 0 amide bonds. The number of benzene rings is 1. The second kappa shape index (κ2) is 8.88. The Labute approximate surface area is 121 Å². The van der Waals surface area contributed by atoms with E-state index in [1.54, 1.807) is 0 Å². The van der Waals surface area contributed by atoms with Crippen molar-refractivity contribution in [1.29, 1.82) is 0 Å². The van der Waals surface area contributed by atoms with Crippen molar-refractivity contribution in [3.05, 3.63) is 29.8 Å². The van der Waals surface area contributed by atoms with Crippen molar-refractivity contribution in [3.63, 3.8) is 0 Å². The van der Waals surface area contributed by atoms with Gasteiger partial charge in [0.1, 0.15) is 10.7 Å². The molecule has 1 N–H and O–H groups in total. The summed E-state index contributed by atoms with van der Waals surface area (Å²) >= 11 is 5.36. The van der Waals surface area contributed by atoms with E-state index in [1.165, 1.54) is 0 Å². The maximum Gasteiger partial charge on any atom is 0.119 e. The second-order valence-corrected chi connectivity index (χ2v) is 5.19. The van der Waals surface area contributed by atoms with Gasteiger partial charge < -0.3 is 15.0 Å². The van der Waals surface area contributed by atoms with Gasteiger partial charge in [0, 0.05) is 12.1 Å². The van der Waals surface area contributed by atoms with Crippen LogP contribution < -0.4 is 10.1 Å². The predicted octanol–water partition coefficient (Wildman–Crippen LogP) is 2.69. The van der Waals surface area contributed by atoms with Crippen molar-refractivity contribution >= 4 is 17.2 Å². The summed E-state index contributed by atoms with van der Waals surface area (Å²) < 4.78 is 5.55. The summed E-state index contributed by atoms with van der Waals surface area (Å²) in [5.74, 6) is 0.904. The van der Waals surface area contributed by atoms with Crippen molar-refractivity contribution < 1.29 is 4.74 Å². The van der Waals surface area contributed by atoms with Crippen molar-refractivity contribution in [3.8, 4) is 5.75 Å². The van der Waals surface area contributed by atoms with Gasteiger partial charge in [-0.15, -0.1) is 0 Å². The first kappa shape index (κ1) is 15.9. The highest BCUT2D eigenvalue weighted by Crippen LogP contribution is 2.12. The molecule has 0 fully saturated rings. The third-order valence-corrected chi connectivity index (χ3v) is 3.04. The maximum absolute atomic E-state index is 5.55. The number of nitrogens with zero attached hydrogens (tertiary/aromatic N) is 1. The Balaban J connectivity index is 2.36. The van der Waals surface area contributed by atoms with Crippen LogP contribution in [0.5, 0.6) is 5.75 Å². The largest absolute Gasteiger partial charge is 0.494 e. The van der Waals surface area contributed by atoms with Gasteiger partial charge in [0.2, 0.25) is 0 Å². The number of rotatable bonds is 8. The lowest BCUT2D eigenvalue weighted by Gasteiger charge is -2.12. The average Bonchev–Trinajstić information content (AvgIpc) is 2.41. The van der Waals surface area contributed by atoms with Gasteiger partial charge in [-0.05, 0) is 57.7 Å². The third kappa shape index (κ3) is 6.55. The van der Waals surface area contributed by atoms with Crippen LogP contribution in [0, 0.1) is 0 Å². The van der Waals surface area contributed by atoms with E-state index in [9.17, 15) is 0 Å². The van der Waals surface area contributed by atoms with Gasteiger partial charge in [0.15, 0.2) is 0 Å². The number of hydrogen-bond acceptors (Lipinski definition) is 3. The molecule has 0 radical (unpaired) electrons. The fraction of sp³-hybridized carbons (Fsp3) is 0.533. The summed E-state index contributed by atoms with van der Waals surface area (Å²) in [4.78, 5) is 2.98. The summed E-state index contributed by atoms with van der Waals surface area (Å²) in [5.41, 5.74) is 1.05. The summed E-state index contributed by atoms with van der Waals surface area (Å²) in [6, 6.07) is 7.95. The molecule has 0 saturated heterocycles. The highest BCUT2D eigenvalue weighted by Gasteiger charge is 2.01. The molecule has 4 heteroatoms. The predicted molar refractivity (Wildman–Crippen MR) is 85.1 cm³/mol. The summed E-state index contributed by atoms with van der Waals surface area (Å²) in [6.07, 6.45) is 2.11. The molecule has 0 bridgehead atoms. The zero-order chi connectivity index (χ0) is 14.1. The van der Waals surface area contributed by atoms with Crippen LogP contribution in [0.25, 0.3) is 0 Å². The molecule has 106 valence electrons. The minimum atomic E-state index is 0.757. The summed E-state index contributed by atoms with van der Waals surface area (Å²) in [5, 5.41) is 3.28. The molecular formula is C15H24N2OS. The first-order valence-electron chi connectivity index (χ1n) is 6.79. The number of nitrogens with one attached hydrogen (secondary N) is 1. The maximum atomic E-state index is 5.55. The molecule has 0 heterocycles. The number of hydrogen-bond donors (Lipinski definition) is 1. The molecule has 3 nitrogen and oxygen atoms in total. The minimum absolute atomic E-state index is 0.757. The molecule has 0 aliphatic carbocycles. The van der Waals surface area contributed by atoms with Gasteiger partial charge in [-0.3, -0.25) is 0 Å². The Bertz CT molecular complexity index is 376. The van der Waals surface area contributed by atoms with Crippen molar-refractivity contribution in [1.82, 2.24) is 10.2 Å². The topological polar surface area (TPSA) is 24.5 Å². The molecule has 19 heavy (non-hydrogen) atoms. The fourth-order valence-electron chi connectivity index (χ4n) is 1.62. The van der Waals surface area contributed by atoms with E-state index in [2.05, 4.69) is 31.2 Å². The molecule has 0 saturated carbocycles. The van der Waals surface area contributed by atoms with Crippen molar-refractivity contribution in [2.24, 2.45) is 0 Å². The van der Waals surface area contributed by atoms with E-state index in [0.29, 0.717) is 0 Å². The summed E-state index contributed by atoms with van der Waals surface area (Å²) in [6.45, 7) is 4.83. The van der Waals surface area contributed by atoms with Crippen LogP contribution in [0.3, 0.4) is 0 Å². The molecule has 0 aliphatic rings. The minimum Gasteiger partial charge on any atom is -0.494 e. The van der Waals surface area contributed by atoms with Crippen LogP contribution in [-0.4, -0.2) is 43.7 Å². The lowest BCUT2D eigenvalue weighted by atomic mass is 10.2. The quantitative estimate of drug-likeness (QED) is 0.584. The Kier molecular flexibility index (Phi) is 7.45. The van der Waals surface area contributed by atoms with Gasteiger partial charge >= 0.3 is 0 Å². The first-order valence-corrected chi connectivity index (χ1v) is 7.20. The Morgan fingerprint density at radius 2 is 1.95 bits per heavy atom. The van der Waals surface area contributed by atoms with Gasteiger partial charge in [-0.2, -0.15) is 0 Å². The molecule has 0 aliphatic heterocycles. The molecular weight excluding hydrogens is 256 g/mol. The van der Waals surface area contributed by atoms with E-state index in [1.807, 2.05) is 24.3 Å². The molecule has 0 unspecified atom stereocenters. The lowest BCUT2D eigenvalue weighted by Crippen LogP contribution is -2.26. The van der Waals surface area contributed by atoms with Gasteiger partial charge in [0.05, 0.1) is 6.61 Å².